The van der Waals surface area contributed by atoms with Gasteiger partial charge in [-0.1, -0.05) is 30.3 Å². The molecule has 0 radical (unpaired) electrons. The van der Waals surface area contributed by atoms with E-state index >= 15 is 0 Å². The fourth-order valence-electron chi connectivity index (χ4n) is 2.91. The summed E-state index contributed by atoms with van der Waals surface area (Å²) in [4.78, 5) is 12.3. The second kappa shape index (κ2) is 4.02. The first kappa shape index (κ1) is 10.0. The summed E-state index contributed by atoms with van der Waals surface area (Å²) in [5.74, 6) is 0.495. The van der Waals surface area contributed by atoms with Crippen LogP contribution in [0.15, 0.2) is 30.3 Å². The zero-order valence-electron chi connectivity index (χ0n) is 9.26. The molecule has 2 heterocycles. The normalized spacial score (nSPS) is 32.6. The molecule has 1 aromatic carbocycles. The summed E-state index contributed by atoms with van der Waals surface area (Å²) >= 11 is 0. The molecule has 1 aromatic rings. The van der Waals surface area contributed by atoms with Crippen molar-refractivity contribution in [2.24, 2.45) is 5.92 Å². The molecule has 2 atom stereocenters. The van der Waals surface area contributed by atoms with Crippen molar-refractivity contribution < 1.29 is 9.53 Å². The van der Waals surface area contributed by atoms with Crippen LogP contribution in [0.3, 0.4) is 0 Å². The first-order valence-electron chi connectivity index (χ1n) is 6.07. The van der Waals surface area contributed by atoms with E-state index in [-0.39, 0.29) is 5.92 Å². The van der Waals surface area contributed by atoms with Crippen LogP contribution < -0.4 is 0 Å². The Morgan fingerprint density at radius 1 is 1.06 bits per heavy atom. The van der Waals surface area contributed by atoms with Crippen LogP contribution in [0.5, 0.6) is 0 Å². The number of hydrogen-bond acceptors (Lipinski definition) is 2. The molecule has 0 spiro atoms. The molecule has 2 nitrogen and oxygen atoms in total. The SMILES string of the molecule is O=C(c1ccccc1)C1CC2CCC(C1)O2. The molecule has 0 saturated carbocycles. The molecule has 2 fully saturated rings. The Kier molecular flexibility index (Phi) is 2.52. The highest BCUT2D eigenvalue weighted by Crippen LogP contribution is 2.37. The minimum absolute atomic E-state index is 0.189. The van der Waals surface area contributed by atoms with Crippen LogP contribution in [0.4, 0.5) is 0 Å². The van der Waals surface area contributed by atoms with Gasteiger partial charge in [0.15, 0.2) is 5.78 Å². The van der Waals surface area contributed by atoms with E-state index in [1.165, 1.54) is 0 Å². The van der Waals surface area contributed by atoms with Gasteiger partial charge in [-0.2, -0.15) is 0 Å². The van der Waals surface area contributed by atoms with E-state index in [0.29, 0.717) is 18.0 Å². The molecule has 2 bridgehead atoms. The Labute approximate surface area is 95.6 Å². The van der Waals surface area contributed by atoms with E-state index < -0.39 is 0 Å². The lowest BCUT2D eigenvalue weighted by molar-refractivity contribution is -0.0149. The predicted molar refractivity (Wildman–Crippen MR) is 61.4 cm³/mol. The fourth-order valence-corrected chi connectivity index (χ4v) is 2.91. The number of Topliss-reactive ketones (excluding diaryl/α,β-unsaturated/α-hetero) is 1. The molecule has 84 valence electrons. The minimum atomic E-state index is 0.189. The van der Waals surface area contributed by atoms with Gasteiger partial charge in [-0.05, 0) is 25.7 Å². The molecule has 0 aromatic heterocycles. The average Bonchev–Trinajstić information content (AvgIpc) is 2.68. The average molecular weight is 216 g/mol. The maximum atomic E-state index is 12.3. The zero-order chi connectivity index (χ0) is 11.0. The summed E-state index contributed by atoms with van der Waals surface area (Å²) in [7, 11) is 0. The molecule has 2 aliphatic heterocycles. The fraction of sp³-hybridized carbons (Fsp3) is 0.500. The Morgan fingerprint density at radius 3 is 2.31 bits per heavy atom. The summed E-state index contributed by atoms with van der Waals surface area (Å²) in [5, 5.41) is 0. The molecule has 3 rings (SSSR count). The largest absolute Gasteiger partial charge is 0.375 e. The smallest absolute Gasteiger partial charge is 0.166 e. The van der Waals surface area contributed by atoms with Gasteiger partial charge in [0.1, 0.15) is 0 Å². The van der Waals surface area contributed by atoms with E-state index in [0.717, 1.165) is 31.2 Å². The van der Waals surface area contributed by atoms with Crippen LogP contribution in [0.25, 0.3) is 0 Å². The van der Waals surface area contributed by atoms with Gasteiger partial charge in [-0.25, -0.2) is 0 Å². The molecular weight excluding hydrogens is 200 g/mol. The third-order valence-electron chi connectivity index (χ3n) is 3.72. The highest BCUT2D eigenvalue weighted by molar-refractivity contribution is 5.97. The molecule has 0 N–H and O–H groups in total. The number of fused-ring (bicyclic) bond motifs is 2. The maximum absolute atomic E-state index is 12.3. The Hall–Kier alpha value is -1.15. The second-order valence-electron chi connectivity index (χ2n) is 4.86. The van der Waals surface area contributed by atoms with Gasteiger partial charge in [-0.15, -0.1) is 0 Å². The van der Waals surface area contributed by atoms with Crippen molar-refractivity contribution in [3.63, 3.8) is 0 Å². The molecule has 2 aliphatic rings. The molecule has 2 heteroatoms. The van der Waals surface area contributed by atoms with Crippen LogP contribution >= 0.6 is 0 Å². The van der Waals surface area contributed by atoms with Crippen molar-refractivity contribution in [2.45, 2.75) is 37.9 Å². The van der Waals surface area contributed by atoms with E-state index in [1.807, 2.05) is 30.3 Å². The Bertz CT molecular complexity index is 373. The monoisotopic (exact) mass is 216 g/mol. The lowest BCUT2D eigenvalue weighted by atomic mass is 9.88. The zero-order valence-corrected chi connectivity index (χ0v) is 9.26. The number of carbonyl (C=O) groups is 1. The van der Waals surface area contributed by atoms with E-state index in [9.17, 15) is 4.79 Å². The summed E-state index contributed by atoms with van der Waals surface area (Å²) in [6.45, 7) is 0. The highest BCUT2D eigenvalue weighted by atomic mass is 16.5. The number of carbonyl (C=O) groups excluding carboxylic acids is 1. The Morgan fingerprint density at radius 2 is 1.69 bits per heavy atom. The number of rotatable bonds is 2. The lowest BCUT2D eigenvalue weighted by Gasteiger charge is -2.27. The second-order valence-corrected chi connectivity index (χ2v) is 4.86. The molecule has 16 heavy (non-hydrogen) atoms. The van der Waals surface area contributed by atoms with E-state index in [1.54, 1.807) is 0 Å². The van der Waals surface area contributed by atoms with Crippen LogP contribution in [0, 0.1) is 5.92 Å². The van der Waals surface area contributed by atoms with Gasteiger partial charge in [0.25, 0.3) is 0 Å². The third-order valence-corrected chi connectivity index (χ3v) is 3.72. The first-order chi connectivity index (χ1) is 7.83. The number of ether oxygens (including phenoxy) is 1. The minimum Gasteiger partial charge on any atom is -0.375 e. The summed E-state index contributed by atoms with van der Waals surface area (Å²) in [6, 6.07) is 9.65. The topological polar surface area (TPSA) is 26.3 Å². The molecule has 0 amide bonds. The lowest BCUT2D eigenvalue weighted by Crippen LogP contribution is -2.30. The number of benzene rings is 1. The van der Waals surface area contributed by atoms with Gasteiger partial charge in [0.2, 0.25) is 0 Å². The van der Waals surface area contributed by atoms with Crippen molar-refractivity contribution >= 4 is 5.78 Å². The summed E-state index contributed by atoms with van der Waals surface area (Å²) in [5.41, 5.74) is 0.855. The Balaban J connectivity index is 1.76. The first-order valence-corrected chi connectivity index (χ1v) is 6.07. The predicted octanol–water partition coefficient (Wildman–Crippen LogP) is 2.83. The standard InChI is InChI=1S/C14H16O2/c15-14(10-4-2-1-3-5-10)11-8-12-6-7-13(9-11)16-12/h1-5,11-13H,6-9H2. The van der Waals surface area contributed by atoms with Gasteiger partial charge in [0.05, 0.1) is 12.2 Å². The summed E-state index contributed by atoms with van der Waals surface area (Å²) in [6.07, 6.45) is 4.81. The number of hydrogen-bond donors (Lipinski definition) is 0. The van der Waals surface area contributed by atoms with Crippen molar-refractivity contribution in [1.29, 1.82) is 0 Å². The van der Waals surface area contributed by atoms with Crippen LogP contribution in [0.2, 0.25) is 0 Å². The van der Waals surface area contributed by atoms with Crippen molar-refractivity contribution in [2.75, 3.05) is 0 Å². The molecule has 2 unspecified atom stereocenters. The van der Waals surface area contributed by atoms with Crippen molar-refractivity contribution in [3.8, 4) is 0 Å². The van der Waals surface area contributed by atoms with Gasteiger partial charge in [-0.3, -0.25) is 4.79 Å². The quantitative estimate of drug-likeness (QED) is 0.710. The van der Waals surface area contributed by atoms with Crippen molar-refractivity contribution in [3.05, 3.63) is 35.9 Å². The molecule has 2 saturated heterocycles. The van der Waals surface area contributed by atoms with E-state index in [2.05, 4.69) is 0 Å². The number of ketones is 1. The molecular formula is C14H16O2. The van der Waals surface area contributed by atoms with Gasteiger partial charge >= 0.3 is 0 Å². The maximum Gasteiger partial charge on any atom is 0.166 e. The highest BCUT2D eigenvalue weighted by Gasteiger charge is 2.37. The van der Waals surface area contributed by atoms with Gasteiger partial charge < -0.3 is 4.74 Å². The van der Waals surface area contributed by atoms with Crippen molar-refractivity contribution in [1.82, 2.24) is 0 Å². The van der Waals surface area contributed by atoms with E-state index in [4.69, 9.17) is 4.74 Å². The summed E-state index contributed by atoms with van der Waals surface area (Å²) < 4.78 is 5.76. The van der Waals surface area contributed by atoms with Crippen LogP contribution in [-0.4, -0.2) is 18.0 Å². The third kappa shape index (κ3) is 1.78. The van der Waals surface area contributed by atoms with Crippen LogP contribution in [0.1, 0.15) is 36.0 Å². The molecule has 0 aliphatic carbocycles. The van der Waals surface area contributed by atoms with Gasteiger partial charge in [0, 0.05) is 11.5 Å². The van der Waals surface area contributed by atoms with Crippen LogP contribution in [-0.2, 0) is 4.74 Å².